The molecule has 2 rings (SSSR count). The summed E-state index contributed by atoms with van der Waals surface area (Å²) < 4.78 is 0. The van der Waals surface area contributed by atoms with Crippen LogP contribution in [0.25, 0.3) is 6.08 Å². The predicted molar refractivity (Wildman–Crippen MR) is 96.2 cm³/mol. The Morgan fingerprint density at radius 3 is 2.87 bits per heavy atom. The van der Waals surface area contributed by atoms with Crippen LogP contribution in [0.5, 0.6) is 0 Å². The third kappa shape index (κ3) is 4.74. The lowest BCUT2D eigenvalue weighted by molar-refractivity contribution is 0.134. The standard InChI is InChI=1S/C18H25ClN2O2/c1-11-7-13(10-22)3-6-17(11)21-18(23)12(2)8-14-9-15(19)4-5-16(14)20/h4-5,8-11,17-18,21-23H,3,6-7,20H2,1-2H3/b12-8+,13-10+/t11-,17+,18?/m1/s1. The second-order valence-corrected chi connectivity index (χ2v) is 6.78. The molecule has 0 amide bonds. The molecule has 0 radical (unpaired) electrons. The van der Waals surface area contributed by atoms with Crippen LogP contribution in [0.3, 0.4) is 0 Å². The summed E-state index contributed by atoms with van der Waals surface area (Å²) in [5, 5.41) is 23.4. The molecule has 1 saturated carbocycles. The molecule has 5 heteroatoms. The molecule has 1 aromatic rings. The number of anilines is 1. The number of aliphatic hydroxyl groups is 2. The fraction of sp³-hybridized carbons (Fsp3) is 0.444. The Hall–Kier alpha value is -1.49. The smallest absolute Gasteiger partial charge is 0.127 e. The summed E-state index contributed by atoms with van der Waals surface area (Å²) in [7, 11) is 0. The average Bonchev–Trinajstić information content (AvgIpc) is 2.52. The van der Waals surface area contributed by atoms with Crippen molar-refractivity contribution in [1.29, 1.82) is 0 Å². The molecule has 0 spiro atoms. The Morgan fingerprint density at radius 1 is 1.48 bits per heavy atom. The fourth-order valence-electron chi connectivity index (χ4n) is 2.98. The molecule has 5 N–H and O–H groups in total. The number of halogens is 1. The second kappa shape index (κ2) is 7.86. The van der Waals surface area contributed by atoms with E-state index in [9.17, 15) is 5.11 Å². The van der Waals surface area contributed by atoms with Gasteiger partial charge in [0.1, 0.15) is 6.23 Å². The Bertz CT molecular complexity index is 613. The molecule has 0 aliphatic heterocycles. The van der Waals surface area contributed by atoms with Gasteiger partial charge in [0, 0.05) is 16.8 Å². The molecule has 0 saturated heterocycles. The van der Waals surface area contributed by atoms with E-state index in [-0.39, 0.29) is 6.04 Å². The maximum atomic E-state index is 10.4. The van der Waals surface area contributed by atoms with E-state index in [0.717, 1.165) is 36.0 Å². The van der Waals surface area contributed by atoms with Gasteiger partial charge in [-0.15, -0.1) is 0 Å². The van der Waals surface area contributed by atoms with Crippen molar-refractivity contribution in [2.24, 2.45) is 5.92 Å². The molecule has 4 nitrogen and oxygen atoms in total. The first-order valence-corrected chi connectivity index (χ1v) is 8.28. The van der Waals surface area contributed by atoms with E-state index >= 15 is 0 Å². The first-order chi connectivity index (χ1) is 10.9. The summed E-state index contributed by atoms with van der Waals surface area (Å²) in [5.74, 6) is 0.362. The van der Waals surface area contributed by atoms with Gasteiger partial charge in [0.2, 0.25) is 0 Å². The van der Waals surface area contributed by atoms with Crippen LogP contribution < -0.4 is 11.1 Å². The quantitative estimate of drug-likeness (QED) is 0.382. The fourth-order valence-corrected chi connectivity index (χ4v) is 3.16. The van der Waals surface area contributed by atoms with E-state index in [1.54, 1.807) is 18.2 Å². The number of rotatable bonds is 4. The molecule has 126 valence electrons. The lowest BCUT2D eigenvalue weighted by Crippen LogP contribution is -2.44. The summed E-state index contributed by atoms with van der Waals surface area (Å²) in [6, 6.07) is 5.50. The SMILES string of the molecule is C/C(=C\c1cc(Cl)ccc1N)C(O)N[C@H]1CC/C(=C\O)C[C@H]1C. The van der Waals surface area contributed by atoms with E-state index in [2.05, 4.69) is 12.2 Å². The maximum absolute atomic E-state index is 10.4. The number of nitrogen functional groups attached to an aromatic ring is 1. The minimum atomic E-state index is -0.736. The third-order valence-corrected chi connectivity index (χ3v) is 4.70. The van der Waals surface area contributed by atoms with Crippen molar-refractivity contribution in [1.82, 2.24) is 5.32 Å². The van der Waals surface area contributed by atoms with Gasteiger partial charge >= 0.3 is 0 Å². The van der Waals surface area contributed by atoms with Crippen LogP contribution in [0, 0.1) is 5.92 Å². The highest BCUT2D eigenvalue weighted by atomic mass is 35.5. The molecule has 0 bridgehead atoms. The zero-order chi connectivity index (χ0) is 17.0. The second-order valence-electron chi connectivity index (χ2n) is 6.34. The van der Waals surface area contributed by atoms with Crippen molar-refractivity contribution in [2.45, 2.75) is 45.4 Å². The van der Waals surface area contributed by atoms with Gasteiger partial charge in [-0.25, -0.2) is 0 Å². The van der Waals surface area contributed by atoms with E-state index in [1.165, 1.54) is 6.26 Å². The third-order valence-electron chi connectivity index (χ3n) is 4.47. The number of nitrogens with one attached hydrogen (secondary N) is 1. The first-order valence-electron chi connectivity index (χ1n) is 7.90. The predicted octanol–water partition coefficient (Wildman–Crippen LogP) is 3.86. The zero-order valence-corrected chi connectivity index (χ0v) is 14.3. The maximum Gasteiger partial charge on any atom is 0.127 e. The molecule has 23 heavy (non-hydrogen) atoms. The number of hydrogen-bond donors (Lipinski definition) is 4. The Kier molecular flexibility index (Phi) is 6.10. The van der Waals surface area contributed by atoms with Gasteiger partial charge in [0.05, 0.1) is 6.26 Å². The highest BCUT2D eigenvalue weighted by Gasteiger charge is 2.26. The van der Waals surface area contributed by atoms with Gasteiger partial charge in [-0.05, 0) is 67.0 Å². The minimum absolute atomic E-state index is 0.216. The summed E-state index contributed by atoms with van der Waals surface area (Å²) in [5.41, 5.74) is 9.23. The van der Waals surface area contributed by atoms with Crippen molar-refractivity contribution in [3.63, 3.8) is 0 Å². The van der Waals surface area contributed by atoms with Gasteiger partial charge in [-0.3, -0.25) is 5.32 Å². The topological polar surface area (TPSA) is 78.5 Å². The largest absolute Gasteiger partial charge is 0.516 e. The lowest BCUT2D eigenvalue weighted by atomic mass is 9.83. The van der Waals surface area contributed by atoms with Crippen LogP contribution in [-0.2, 0) is 0 Å². The summed E-state index contributed by atoms with van der Waals surface area (Å²) >= 11 is 5.99. The molecule has 1 aromatic carbocycles. The highest BCUT2D eigenvalue weighted by molar-refractivity contribution is 6.30. The molecule has 1 unspecified atom stereocenters. The Labute approximate surface area is 142 Å². The van der Waals surface area contributed by atoms with Crippen molar-refractivity contribution in [3.8, 4) is 0 Å². The molecular formula is C18H25ClN2O2. The molecular weight excluding hydrogens is 312 g/mol. The van der Waals surface area contributed by atoms with E-state index in [0.29, 0.717) is 16.6 Å². The number of nitrogens with two attached hydrogens (primary N) is 1. The van der Waals surface area contributed by atoms with E-state index in [4.69, 9.17) is 22.4 Å². The highest BCUT2D eigenvalue weighted by Crippen LogP contribution is 2.29. The zero-order valence-electron chi connectivity index (χ0n) is 13.6. The number of allylic oxidation sites excluding steroid dienone is 1. The van der Waals surface area contributed by atoms with Crippen molar-refractivity contribution >= 4 is 23.4 Å². The molecule has 3 atom stereocenters. The normalized spacial score (nSPS) is 25.6. The molecule has 0 aromatic heterocycles. The summed E-state index contributed by atoms with van der Waals surface area (Å²) in [4.78, 5) is 0. The van der Waals surface area contributed by atoms with Crippen LogP contribution in [0.2, 0.25) is 5.02 Å². The van der Waals surface area contributed by atoms with Gasteiger partial charge in [-0.1, -0.05) is 24.6 Å². The summed E-state index contributed by atoms with van der Waals surface area (Å²) in [6.07, 6.45) is 4.94. The number of hydrogen-bond acceptors (Lipinski definition) is 4. The molecule has 1 aliphatic rings. The van der Waals surface area contributed by atoms with Gasteiger partial charge < -0.3 is 15.9 Å². The van der Waals surface area contributed by atoms with E-state index < -0.39 is 6.23 Å². The van der Waals surface area contributed by atoms with Crippen LogP contribution in [0.4, 0.5) is 5.69 Å². The van der Waals surface area contributed by atoms with E-state index in [1.807, 2.05) is 13.0 Å². The number of benzene rings is 1. The van der Waals surface area contributed by atoms with Crippen LogP contribution in [0.15, 0.2) is 35.6 Å². The monoisotopic (exact) mass is 336 g/mol. The Balaban J connectivity index is 2.04. The lowest BCUT2D eigenvalue weighted by Gasteiger charge is -2.33. The average molecular weight is 337 g/mol. The molecule has 1 aliphatic carbocycles. The van der Waals surface area contributed by atoms with Crippen LogP contribution in [-0.4, -0.2) is 22.5 Å². The van der Waals surface area contributed by atoms with Crippen LogP contribution in [0.1, 0.15) is 38.7 Å². The molecule has 0 heterocycles. The Morgan fingerprint density at radius 2 is 2.22 bits per heavy atom. The van der Waals surface area contributed by atoms with Crippen LogP contribution >= 0.6 is 11.6 Å². The minimum Gasteiger partial charge on any atom is -0.516 e. The van der Waals surface area contributed by atoms with Crippen molar-refractivity contribution < 1.29 is 10.2 Å². The molecule has 1 fully saturated rings. The van der Waals surface area contributed by atoms with Crippen molar-refractivity contribution in [3.05, 3.63) is 46.2 Å². The van der Waals surface area contributed by atoms with Gasteiger partial charge in [-0.2, -0.15) is 0 Å². The first kappa shape index (κ1) is 17.9. The van der Waals surface area contributed by atoms with Gasteiger partial charge in [0.25, 0.3) is 0 Å². The van der Waals surface area contributed by atoms with Crippen molar-refractivity contribution in [2.75, 3.05) is 5.73 Å². The van der Waals surface area contributed by atoms with Gasteiger partial charge in [0.15, 0.2) is 0 Å². The number of aliphatic hydroxyl groups excluding tert-OH is 2. The summed E-state index contributed by atoms with van der Waals surface area (Å²) in [6.45, 7) is 3.99.